The predicted octanol–water partition coefficient (Wildman–Crippen LogP) is -0.0844. The van der Waals surface area contributed by atoms with Crippen LogP contribution in [-0.4, -0.2) is 47.9 Å². The summed E-state index contributed by atoms with van der Waals surface area (Å²) in [5.41, 5.74) is 4.55. The minimum Gasteiger partial charge on any atom is -0.481 e. The van der Waals surface area contributed by atoms with Crippen LogP contribution in [0.4, 0.5) is 0 Å². The third-order valence-corrected chi connectivity index (χ3v) is 3.05. The smallest absolute Gasteiger partial charge is 0.304 e. The van der Waals surface area contributed by atoms with Crippen LogP contribution in [0, 0.1) is 0 Å². The first-order valence-electron chi connectivity index (χ1n) is 5.52. The highest BCUT2D eigenvalue weighted by molar-refractivity contribution is 7.12. The Balaban J connectivity index is 2.24. The molecule has 0 saturated heterocycles. The van der Waals surface area contributed by atoms with Crippen LogP contribution in [0.1, 0.15) is 16.1 Å². The van der Waals surface area contributed by atoms with Gasteiger partial charge in [0.1, 0.15) is 0 Å². The maximum atomic E-state index is 11.5. The fraction of sp³-hybridized carbons (Fsp3) is 0.364. The molecule has 0 bridgehead atoms. The number of carbonyl (C=O) groups excluding carboxylic acids is 2. The third kappa shape index (κ3) is 5.98. The van der Waals surface area contributed by atoms with Gasteiger partial charge in [0.25, 0.3) is 11.8 Å². The lowest BCUT2D eigenvalue weighted by atomic mass is 10.4. The van der Waals surface area contributed by atoms with Crippen molar-refractivity contribution in [3.8, 4) is 0 Å². The molecule has 19 heavy (non-hydrogen) atoms. The molecule has 0 spiro atoms. The van der Waals surface area contributed by atoms with Gasteiger partial charge in [-0.15, -0.1) is 11.3 Å². The molecule has 8 heteroatoms. The van der Waals surface area contributed by atoms with Crippen molar-refractivity contribution in [2.45, 2.75) is 6.42 Å². The number of nitrogens with one attached hydrogen (secondary N) is 2. The second-order valence-corrected chi connectivity index (χ2v) is 4.81. The first-order valence-corrected chi connectivity index (χ1v) is 6.40. The number of carboxylic acid groups (broad SMARTS) is 1. The van der Waals surface area contributed by atoms with E-state index in [1.807, 2.05) is 0 Å². The molecule has 1 rings (SSSR count). The van der Waals surface area contributed by atoms with Crippen molar-refractivity contribution in [3.63, 3.8) is 0 Å². The molecular weight excluding hydrogens is 270 g/mol. The van der Waals surface area contributed by atoms with Gasteiger partial charge < -0.3 is 5.11 Å². The van der Waals surface area contributed by atoms with Crippen molar-refractivity contribution in [1.82, 2.24) is 15.8 Å². The quantitative estimate of drug-likeness (QED) is 0.635. The Morgan fingerprint density at radius 1 is 1.37 bits per heavy atom. The molecule has 0 atom stereocenters. The van der Waals surface area contributed by atoms with Crippen molar-refractivity contribution < 1.29 is 19.5 Å². The molecular formula is C11H15N3O4S. The van der Waals surface area contributed by atoms with Crippen LogP contribution in [0.15, 0.2) is 17.5 Å². The highest BCUT2D eigenvalue weighted by Gasteiger charge is 2.10. The van der Waals surface area contributed by atoms with E-state index in [9.17, 15) is 14.4 Å². The topological polar surface area (TPSA) is 98.7 Å². The molecule has 0 fully saturated rings. The Kier molecular flexibility index (Phi) is 5.97. The number of aliphatic carboxylic acids is 1. The van der Waals surface area contributed by atoms with E-state index in [2.05, 4.69) is 10.9 Å². The molecule has 0 aliphatic carbocycles. The molecule has 0 radical (unpaired) electrons. The minimum atomic E-state index is -0.918. The third-order valence-electron chi connectivity index (χ3n) is 2.18. The largest absolute Gasteiger partial charge is 0.481 e. The zero-order valence-corrected chi connectivity index (χ0v) is 11.2. The second-order valence-electron chi connectivity index (χ2n) is 3.86. The van der Waals surface area contributed by atoms with Gasteiger partial charge in [0.05, 0.1) is 17.8 Å². The Bertz CT molecular complexity index is 447. The fourth-order valence-corrected chi connectivity index (χ4v) is 1.87. The van der Waals surface area contributed by atoms with Crippen LogP contribution in [0.25, 0.3) is 0 Å². The van der Waals surface area contributed by atoms with E-state index < -0.39 is 11.9 Å². The number of hydrogen-bond acceptors (Lipinski definition) is 5. The van der Waals surface area contributed by atoms with Crippen LogP contribution >= 0.6 is 11.3 Å². The van der Waals surface area contributed by atoms with E-state index in [-0.39, 0.29) is 25.4 Å². The van der Waals surface area contributed by atoms with E-state index in [4.69, 9.17) is 5.11 Å². The lowest BCUT2D eigenvalue weighted by molar-refractivity contribution is -0.137. The van der Waals surface area contributed by atoms with E-state index >= 15 is 0 Å². The number of carbonyl (C=O) groups is 3. The molecule has 2 amide bonds. The van der Waals surface area contributed by atoms with Crippen molar-refractivity contribution in [1.29, 1.82) is 0 Å². The van der Waals surface area contributed by atoms with E-state index in [0.717, 1.165) is 0 Å². The van der Waals surface area contributed by atoms with Gasteiger partial charge in [-0.1, -0.05) is 6.07 Å². The normalized spacial score (nSPS) is 10.2. The van der Waals surface area contributed by atoms with E-state index in [1.165, 1.54) is 11.3 Å². The fourth-order valence-electron chi connectivity index (χ4n) is 1.25. The Morgan fingerprint density at radius 3 is 2.68 bits per heavy atom. The summed E-state index contributed by atoms with van der Waals surface area (Å²) < 4.78 is 0. The first kappa shape index (κ1) is 15.1. The molecule has 7 nitrogen and oxygen atoms in total. The summed E-state index contributed by atoms with van der Waals surface area (Å²) in [6.45, 7) is 0.277. The highest BCUT2D eigenvalue weighted by Crippen LogP contribution is 2.06. The van der Waals surface area contributed by atoms with Gasteiger partial charge in [0, 0.05) is 6.54 Å². The van der Waals surface area contributed by atoms with Gasteiger partial charge in [0.15, 0.2) is 0 Å². The van der Waals surface area contributed by atoms with Crippen LogP contribution in [0.2, 0.25) is 0 Å². The summed E-state index contributed by atoms with van der Waals surface area (Å²) in [5.74, 6) is -1.70. The number of likely N-dealkylation sites (N-methyl/N-ethyl adjacent to an activating group) is 1. The summed E-state index contributed by atoms with van der Waals surface area (Å²) in [5, 5.41) is 10.3. The summed E-state index contributed by atoms with van der Waals surface area (Å²) in [6.07, 6.45) is -0.0364. The van der Waals surface area contributed by atoms with Gasteiger partial charge in [-0.25, -0.2) is 0 Å². The molecule has 0 saturated carbocycles. The molecule has 0 aliphatic heterocycles. The minimum absolute atomic E-state index is 0.0119. The number of rotatable bonds is 6. The van der Waals surface area contributed by atoms with Crippen molar-refractivity contribution in [2.75, 3.05) is 20.1 Å². The number of nitrogens with zero attached hydrogens (tertiary/aromatic N) is 1. The van der Waals surface area contributed by atoms with Gasteiger partial charge in [-0.2, -0.15) is 0 Å². The lowest BCUT2D eigenvalue weighted by Gasteiger charge is -2.15. The van der Waals surface area contributed by atoms with Crippen molar-refractivity contribution >= 4 is 29.1 Å². The molecule has 0 unspecified atom stereocenters. The van der Waals surface area contributed by atoms with Crippen LogP contribution in [0.3, 0.4) is 0 Å². The molecule has 1 heterocycles. The summed E-state index contributed by atoms with van der Waals surface area (Å²) >= 11 is 1.27. The van der Waals surface area contributed by atoms with Crippen molar-refractivity contribution in [3.05, 3.63) is 22.4 Å². The highest BCUT2D eigenvalue weighted by atomic mass is 32.1. The van der Waals surface area contributed by atoms with Crippen molar-refractivity contribution in [2.24, 2.45) is 0 Å². The van der Waals surface area contributed by atoms with Crippen LogP contribution in [-0.2, 0) is 9.59 Å². The molecule has 0 aromatic carbocycles. The summed E-state index contributed by atoms with van der Waals surface area (Å²) in [7, 11) is 1.63. The van der Waals surface area contributed by atoms with Gasteiger partial charge in [0.2, 0.25) is 0 Å². The molecule has 104 valence electrons. The van der Waals surface area contributed by atoms with Crippen LogP contribution < -0.4 is 10.9 Å². The molecule has 3 N–H and O–H groups in total. The number of hydrogen-bond donors (Lipinski definition) is 3. The summed E-state index contributed by atoms with van der Waals surface area (Å²) in [4.78, 5) is 35.4. The van der Waals surface area contributed by atoms with Crippen LogP contribution in [0.5, 0.6) is 0 Å². The maximum absolute atomic E-state index is 11.5. The SMILES string of the molecule is CN(CCC(=O)O)CC(=O)NNC(=O)c1cccs1. The Hall–Kier alpha value is -1.93. The second kappa shape index (κ2) is 7.49. The average molecular weight is 285 g/mol. The number of thiophene rings is 1. The Morgan fingerprint density at radius 2 is 2.11 bits per heavy atom. The zero-order valence-electron chi connectivity index (χ0n) is 10.4. The maximum Gasteiger partial charge on any atom is 0.304 e. The number of amides is 2. The first-order chi connectivity index (χ1) is 8.99. The van der Waals surface area contributed by atoms with Gasteiger partial charge >= 0.3 is 5.97 Å². The molecule has 0 aliphatic rings. The van der Waals surface area contributed by atoms with Gasteiger partial charge in [-0.05, 0) is 18.5 Å². The Labute approximate surface area is 114 Å². The molecule has 1 aromatic rings. The van der Waals surface area contributed by atoms with E-state index in [1.54, 1.807) is 29.5 Å². The number of hydrazine groups is 1. The average Bonchev–Trinajstić information content (AvgIpc) is 2.87. The van der Waals surface area contributed by atoms with E-state index in [0.29, 0.717) is 4.88 Å². The standard InChI is InChI=1S/C11H15N3O4S/c1-14(5-4-10(16)17)7-9(15)12-13-11(18)8-3-2-6-19-8/h2-3,6H,4-5,7H2,1H3,(H,12,15)(H,13,18)(H,16,17). The zero-order chi connectivity index (χ0) is 14.3. The lowest BCUT2D eigenvalue weighted by Crippen LogP contribution is -2.45. The molecule has 1 aromatic heterocycles. The predicted molar refractivity (Wildman–Crippen MR) is 69.7 cm³/mol. The number of carboxylic acids is 1. The summed E-state index contributed by atoms with van der Waals surface area (Å²) in [6, 6.07) is 3.38. The monoisotopic (exact) mass is 285 g/mol. The van der Waals surface area contributed by atoms with Gasteiger partial charge in [-0.3, -0.25) is 30.1 Å².